The van der Waals surface area contributed by atoms with Gasteiger partial charge in [-0.25, -0.2) is 0 Å². The number of hydrogen-bond acceptors (Lipinski definition) is 4. The molecule has 2 aromatic rings. The average molecular weight is 257 g/mol. The molecule has 2 N–H and O–H groups in total. The lowest BCUT2D eigenvalue weighted by Gasteiger charge is -2.03. The van der Waals surface area contributed by atoms with Gasteiger partial charge >= 0.3 is 0 Å². The van der Waals surface area contributed by atoms with Crippen LogP contribution >= 0.6 is 0 Å². The number of aromatic nitrogens is 2. The molecule has 0 bridgehead atoms. The molecule has 1 aromatic carbocycles. The Kier molecular flexibility index (Phi) is 3.34. The van der Waals surface area contributed by atoms with Crippen LogP contribution in [0.25, 0.3) is 0 Å². The Morgan fingerprint density at radius 3 is 2.63 bits per heavy atom. The first-order valence-corrected chi connectivity index (χ1v) is 6.88. The van der Waals surface area contributed by atoms with Gasteiger partial charge in [-0.2, -0.15) is 4.98 Å². The molecule has 1 unspecified atom stereocenters. The van der Waals surface area contributed by atoms with E-state index in [4.69, 9.17) is 10.3 Å². The highest BCUT2D eigenvalue weighted by Crippen LogP contribution is 2.32. The maximum atomic E-state index is 5.56. The Morgan fingerprint density at radius 1 is 1.32 bits per heavy atom. The third-order valence-electron chi connectivity index (χ3n) is 3.89. The Balaban J connectivity index is 1.75. The minimum Gasteiger partial charge on any atom is -0.339 e. The second kappa shape index (κ2) is 5.13. The minimum atomic E-state index is 0.245. The Bertz CT molecular complexity index is 539. The third kappa shape index (κ3) is 2.40. The van der Waals surface area contributed by atoms with Crippen LogP contribution in [0.1, 0.15) is 48.0 Å². The molecule has 1 heterocycles. The SMILES string of the molecule is CC(CCN)c1nc(C2Cc3ccccc3C2)no1. The highest BCUT2D eigenvalue weighted by molar-refractivity contribution is 5.34. The van der Waals surface area contributed by atoms with Crippen LogP contribution in [-0.4, -0.2) is 16.7 Å². The molecule has 0 radical (unpaired) electrons. The molecule has 100 valence electrons. The van der Waals surface area contributed by atoms with Gasteiger partial charge in [-0.15, -0.1) is 0 Å². The van der Waals surface area contributed by atoms with Crippen LogP contribution in [0.5, 0.6) is 0 Å². The van der Waals surface area contributed by atoms with Gasteiger partial charge < -0.3 is 10.3 Å². The van der Waals surface area contributed by atoms with Crippen LogP contribution < -0.4 is 5.73 Å². The molecule has 19 heavy (non-hydrogen) atoms. The van der Waals surface area contributed by atoms with E-state index in [0.717, 1.165) is 31.0 Å². The molecular weight excluding hydrogens is 238 g/mol. The summed E-state index contributed by atoms with van der Waals surface area (Å²) in [4.78, 5) is 4.56. The minimum absolute atomic E-state index is 0.245. The number of nitrogens with two attached hydrogens (primary N) is 1. The van der Waals surface area contributed by atoms with E-state index in [2.05, 4.69) is 41.3 Å². The monoisotopic (exact) mass is 257 g/mol. The molecule has 0 fully saturated rings. The smallest absolute Gasteiger partial charge is 0.229 e. The van der Waals surface area contributed by atoms with Gasteiger partial charge in [0.1, 0.15) is 0 Å². The highest BCUT2D eigenvalue weighted by Gasteiger charge is 2.27. The van der Waals surface area contributed by atoms with Crippen molar-refractivity contribution in [2.45, 2.75) is 38.0 Å². The molecule has 1 aliphatic rings. The van der Waals surface area contributed by atoms with E-state index in [9.17, 15) is 0 Å². The van der Waals surface area contributed by atoms with Crippen molar-refractivity contribution in [2.24, 2.45) is 5.73 Å². The summed E-state index contributed by atoms with van der Waals surface area (Å²) in [6.45, 7) is 2.72. The van der Waals surface area contributed by atoms with Gasteiger partial charge in [0.05, 0.1) is 0 Å². The summed E-state index contributed by atoms with van der Waals surface area (Å²) < 4.78 is 5.37. The van der Waals surface area contributed by atoms with Gasteiger partial charge in [0, 0.05) is 11.8 Å². The highest BCUT2D eigenvalue weighted by atomic mass is 16.5. The fraction of sp³-hybridized carbons (Fsp3) is 0.467. The lowest BCUT2D eigenvalue weighted by Crippen LogP contribution is -2.05. The van der Waals surface area contributed by atoms with E-state index in [-0.39, 0.29) is 5.92 Å². The summed E-state index contributed by atoms with van der Waals surface area (Å²) in [5.74, 6) is 2.17. The van der Waals surface area contributed by atoms with Gasteiger partial charge in [0.2, 0.25) is 5.89 Å². The summed E-state index contributed by atoms with van der Waals surface area (Å²) in [5, 5.41) is 4.16. The molecular formula is C15H19N3O. The summed E-state index contributed by atoms with van der Waals surface area (Å²) in [6.07, 6.45) is 2.91. The van der Waals surface area contributed by atoms with Gasteiger partial charge in [0.25, 0.3) is 0 Å². The zero-order chi connectivity index (χ0) is 13.2. The molecule has 1 atom stereocenters. The predicted octanol–water partition coefficient (Wildman–Crippen LogP) is 2.40. The van der Waals surface area contributed by atoms with E-state index in [0.29, 0.717) is 12.5 Å². The molecule has 3 rings (SSSR count). The second-order valence-electron chi connectivity index (χ2n) is 5.34. The predicted molar refractivity (Wildman–Crippen MR) is 73.0 cm³/mol. The number of fused-ring (bicyclic) bond motifs is 1. The van der Waals surface area contributed by atoms with Crippen molar-refractivity contribution in [1.82, 2.24) is 10.1 Å². The van der Waals surface area contributed by atoms with Crippen LogP contribution in [0.2, 0.25) is 0 Å². The Morgan fingerprint density at radius 2 is 2.00 bits per heavy atom. The Hall–Kier alpha value is -1.68. The molecule has 1 aliphatic carbocycles. The summed E-state index contributed by atoms with van der Waals surface area (Å²) in [5.41, 5.74) is 8.39. The topological polar surface area (TPSA) is 64.9 Å². The maximum Gasteiger partial charge on any atom is 0.229 e. The quantitative estimate of drug-likeness (QED) is 0.913. The molecule has 1 aromatic heterocycles. The number of rotatable bonds is 4. The zero-order valence-electron chi connectivity index (χ0n) is 11.2. The lowest BCUT2D eigenvalue weighted by molar-refractivity contribution is 0.348. The average Bonchev–Trinajstić information content (AvgIpc) is 3.05. The molecule has 0 spiro atoms. The molecule has 0 saturated carbocycles. The second-order valence-corrected chi connectivity index (χ2v) is 5.34. The van der Waals surface area contributed by atoms with Gasteiger partial charge in [0.15, 0.2) is 5.82 Å². The first kappa shape index (κ1) is 12.4. The summed E-state index contributed by atoms with van der Waals surface area (Å²) >= 11 is 0. The van der Waals surface area contributed by atoms with Crippen LogP contribution in [-0.2, 0) is 12.8 Å². The van der Waals surface area contributed by atoms with Crippen LogP contribution in [0, 0.1) is 0 Å². The normalized spacial score (nSPS) is 16.5. The van der Waals surface area contributed by atoms with Crippen LogP contribution in [0.3, 0.4) is 0 Å². The van der Waals surface area contributed by atoms with Crippen molar-refractivity contribution in [3.63, 3.8) is 0 Å². The summed E-state index contributed by atoms with van der Waals surface area (Å²) in [6, 6.07) is 8.55. The molecule has 4 heteroatoms. The number of nitrogens with zero attached hydrogens (tertiary/aromatic N) is 2. The van der Waals surface area contributed by atoms with E-state index < -0.39 is 0 Å². The van der Waals surface area contributed by atoms with Crippen molar-refractivity contribution < 1.29 is 4.52 Å². The fourth-order valence-corrected chi connectivity index (χ4v) is 2.73. The van der Waals surface area contributed by atoms with Crippen molar-refractivity contribution in [3.8, 4) is 0 Å². The van der Waals surface area contributed by atoms with Crippen molar-refractivity contribution in [1.29, 1.82) is 0 Å². The first-order chi connectivity index (χ1) is 9.28. The van der Waals surface area contributed by atoms with E-state index in [1.165, 1.54) is 11.1 Å². The standard InChI is InChI=1S/C15H19N3O/c1-10(6-7-16)15-17-14(18-19-15)13-8-11-4-2-3-5-12(11)9-13/h2-5,10,13H,6-9,16H2,1H3. The van der Waals surface area contributed by atoms with Crippen LogP contribution in [0.4, 0.5) is 0 Å². The van der Waals surface area contributed by atoms with E-state index in [1.54, 1.807) is 0 Å². The van der Waals surface area contributed by atoms with Crippen LogP contribution in [0.15, 0.2) is 28.8 Å². The van der Waals surface area contributed by atoms with E-state index in [1.807, 2.05) is 0 Å². The molecule has 4 nitrogen and oxygen atoms in total. The molecule has 0 saturated heterocycles. The van der Waals surface area contributed by atoms with Crippen molar-refractivity contribution >= 4 is 0 Å². The number of benzene rings is 1. The maximum absolute atomic E-state index is 5.56. The third-order valence-corrected chi connectivity index (χ3v) is 3.89. The first-order valence-electron chi connectivity index (χ1n) is 6.88. The zero-order valence-corrected chi connectivity index (χ0v) is 11.2. The molecule has 0 aliphatic heterocycles. The Labute approximate surface area is 113 Å². The van der Waals surface area contributed by atoms with E-state index >= 15 is 0 Å². The van der Waals surface area contributed by atoms with Gasteiger partial charge in [-0.1, -0.05) is 36.3 Å². The largest absolute Gasteiger partial charge is 0.339 e. The van der Waals surface area contributed by atoms with Gasteiger partial charge in [-0.3, -0.25) is 0 Å². The fourth-order valence-electron chi connectivity index (χ4n) is 2.73. The summed E-state index contributed by atoms with van der Waals surface area (Å²) in [7, 11) is 0. The number of hydrogen-bond donors (Lipinski definition) is 1. The van der Waals surface area contributed by atoms with Crippen molar-refractivity contribution in [2.75, 3.05) is 6.54 Å². The van der Waals surface area contributed by atoms with Crippen molar-refractivity contribution in [3.05, 3.63) is 47.1 Å². The molecule has 0 amide bonds. The lowest BCUT2D eigenvalue weighted by atomic mass is 10.1. The van der Waals surface area contributed by atoms with Gasteiger partial charge in [-0.05, 0) is 36.9 Å².